The van der Waals surface area contributed by atoms with E-state index >= 15 is 0 Å². The van der Waals surface area contributed by atoms with Gasteiger partial charge in [-0.05, 0) is 36.7 Å². The van der Waals surface area contributed by atoms with E-state index in [1.807, 2.05) is 18.2 Å². The highest BCUT2D eigenvalue weighted by atomic mass is 16.2. The van der Waals surface area contributed by atoms with Crippen molar-refractivity contribution in [3.63, 3.8) is 0 Å². The number of carbonyl (C=O) groups excluding carboxylic acids is 1. The third-order valence-corrected chi connectivity index (χ3v) is 4.87. The Morgan fingerprint density at radius 1 is 1.08 bits per heavy atom. The van der Waals surface area contributed by atoms with Crippen LogP contribution in [0.25, 0.3) is 0 Å². The van der Waals surface area contributed by atoms with E-state index in [4.69, 9.17) is 0 Å². The van der Waals surface area contributed by atoms with Gasteiger partial charge in [-0.15, -0.1) is 0 Å². The van der Waals surface area contributed by atoms with Gasteiger partial charge in [-0.1, -0.05) is 49.4 Å². The van der Waals surface area contributed by atoms with Gasteiger partial charge in [0.1, 0.15) is 0 Å². The molecular weight excluding hydrogens is 310 g/mol. The fourth-order valence-corrected chi connectivity index (χ4v) is 3.35. The van der Waals surface area contributed by atoms with E-state index in [1.54, 1.807) is 0 Å². The zero-order valence-electron chi connectivity index (χ0n) is 15.1. The number of rotatable bonds is 5. The maximum atomic E-state index is 12.5. The van der Waals surface area contributed by atoms with Crippen LogP contribution in [0.1, 0.15) is 24.1 Å². The van der Waals surface area contributed by atoms with Crippen molar-refractivity contribution in [3.05, 3.63) is 65.7 Å². The number of benzene rings is 2. The van der Waals surface area contributed by atoms with Crippen molar-refractivity contribution in [3.8, 4) is 0 Å². The van der Waals surface area contributed by atoms with Gasteiger partial charge >= 0.3 is 0 Å². The second-order valence-electron chi connectivity index (χ2n) is 6.76. The van der Waals surface area contributed by atoms with Crippen molar-refractivity contribution in [2.45, 2.75) is 19.4 Å². The molecular formula is C21H27N3O. The van der Waals surface area contributed by atoms with Crippen molar-refractivity contribution in [1.82, 2.24) is 9.80 Å². The molecule has 0 aliphatic carbocycles. The third kappa shape index (κ3) is 4.68. The Kier molecular flexibility index (Phi) is 5.84. The fraction of sp³-hybridized carbons (Fsp3) is 0.381. The number of hydrogen-bond acceptors (Lipinski definition) is 3. The predicted octanol–water partition coefficient (Wildman–Crippen LogP) is 3.18. The molecule has 0 aromatic heterocycles. The van der Waals surface area contributed by atoms with Crippen LogP contribution in [0.5, 0.6) is 0 Å². The number of likely N-dealkylation sites (N-methyl/N-ethyl adjacent to an activating group) is 1. The molecule has 4 nitrogen and oxygen atoms in total. The van der Waals surface area contributed by atoms with E-state index in [9.17, 15) is 4.79 Å². The zero-order valence-corrected chi connectivity index (χ0v) is 15.1. The van der Waals surface area contributed by atoms with Gasteiger partial charge in [0.25, 0.3) is 0 Å². The standard InChI is InChI=1S/C21H27N3O/c1-3-17-9-11-19(12-10-17)22-21(25)16-24-14-13-23(2)15-20(24)18-7-5-4-6-8-18/h4-12,20H,3,13-16H2,1-2H3,(H,22,25). The molecule has 0 radical (unpaired) electrons. The van der Waals surface area contributed by atoms with Crippen LogP contribution in [0, 0.1) is 0 Å². The van der Waals surface area contributed by atoms with E-state index in [0.717, 1.165) is 31.7 Å². The molecule has 2 aromatic rings. The highest BCUT2D eigenvalue weighted by Crippen LogP contribution is 2.24. The summed E-state index contributed by atoms with van der Waals surface area (Å²) >= 11 is 0. The van der Waals surface area contributed by atoms with Crippen molar-refractivity contribution in [2.75, 3.05) is 38.5 Å². The van der Waals surface area contributed by atoms with E-state index in [2.05, 4.69) is 65.5 Å². The van der Waals surface area contributed by atoms with Crippen molar-refractivity contribution < 1.29 is 4.79 Å². The molecule has 25 heavy (non-hydrogen) atoms. The summed E-state index contributed by atoms with van der Waals surface area (Å²) in [7, 11) is 2.14. The molecule has 0 spiro atoms. The Bertz CT molecular complexity index is 684. The predicted molar refractivity (Wildman–Crippen MR) is 103 cm³/mol. The number of amides is 1. The number of piperazine rings is 1. The lowest BCUT2D eigenvalue weighted by Crippen LogP contribution is -2.49. The van der Waals surface area contributed by atoms with Gasteiger partial charge in [0, 0.05) is 31.4 Å². The molecule has 1 atom stereocenters. The minimum Gasteiger partial charge on any atom is -0.325 e. The fourth-order valence-electron chi connectivity index (χ4n) is 3.35. The Balaban J connectivity index is 1.65. The lowest BCUT2D eigenvalue weighted by atomic mass is 10.0. The van der Waals surface area contributed by atoms with E-state index in [-0.39, 0.29) is 11.9 Å². The lowest BCUT2D eigenvalue weighted by molar-refractivity contribution is -0.118. The molecule has 1 N–H and O–H groups in total. The maximum Gasteiger partial charge on any atom is 0.238 e. The lowest BCUT2D eigenvalue weighted by Gasteiger charge is -2.39. The molecule has 1 heterocycles. The molecule has 1 aliphatic rings. The molecule has 132 valence electrons. The molecule has 0 saturated carbocycles. The number of hydrogen-bond donors (Lipinski definition) is 1. The summed E-state index contributed by atoms with van der Waals surface area (Å²) in [5.41, 5.74) is 3.42. The van der Waals surface area contributed by atoms with Crippen molar-refractivity contribution in [1.29, 1.82) is 0 Å². The first-order valence-electron chi connectivity index (χ1n) is 9.02. The molecule has 1 fully saturated rings. The quantitative estimate of drug-likeness (QED) is 0.910. The Morgan fingerprint density at radius 3 is 2.48 bits per heavy atom. The first-order chi connectivity index (χ1) is 12.2. The SMILES string of the molecule is CCc1ccc(NC(=O)CN2CCN(C)CC2c2ccccc2)cc1. The molecule has 2 aromatic carbocycles. The van der Waals surface area contributed by atoms with Gasteiger partial charge in [-0.3, -0.25) is 9.69 Å². The first kappa shape index (κ1) is 17.6. The van der Waals surface area contributed by atoms with Crippen LogP contribution in [-0.2, 0) is 11.2 Å². The van der Waals surface area contributed by atoms with Gasteiger partial charge in [-0.25, -0.2) is 0 Å². The van der Waals surface area contributed by atoms with E-state index in [0.29, 0.717) is 6.54 Å². The van der Waals surface area contributed by atoms with Crippen LogP contribution in [0.2, 0.25) is 0 Å². The van der Waals surface area contributed by atoms with Gasteiger partial charge in [0.05, 0.1) is 6.54 Å². The van der Waals surface area contributed by atoms with Crippen molar-refractivity contribution >= 4 is 11.6 Å². The molecule has 4 heteroatoms. The van der Waals surface area contributed by atoms with Crippen molar-refractivity contribution in [2.24, 2.45) is 0 Å². The Labute approximate surface area is 150 Å². The van der Waals surface area contributed by atoms with Crippen LogP contribution in [-0.4, -0.2) is 48.9 Å². The minimum absolute atomic E-state index is 0.0507. The molecule has 3 rings (SSSR count). The topological polar surface area (TPSA) is 35.6 Å². The van der Waals surface area contributed by atoms with Gasteiger partial charge in [-0.2, -0.15) is 0 Å². The number of nitrogens with one attached hydrogen (secondary N) is 1. The maximum absolute atomic E-state index is 12.5. The Morgan fingerprint density at radius 2 is 1.80 bits per heavy atom. The van der Waals surface area contributed by atoms with Gasteiger partial charge in [0.15, 0.2) is 0 Å². The van der Waals surface area contributed by atoms with Gasteiger partial charge in [0.2, 0.25) is 5.91 Å². The van der Waals surface area contributed by atoms with Gasteiger partial charge < -0.3 is 10.2 Å². The smallest absolute Gasteiger partial charge is 0.238 e. The van der Waals surface area contributed by atoms with Crippen LogP contribution in [0.4, 0.5) is 5.69 Å². The van der Waals surface area contributed by atoms with Crippen LogP contribution >= 0.6 is 0 Å². The summed E-state index contributed by atoms with van der Waals surface area (Å²) in [6, 6.07) is 18.8. The van der Waals surface area contributed by atoms with E-state index in [1.165, 1.54) is 11.1 Å². The summed E-state index contributed by atoms with van der Waals surface area (Å²) in [6.07, 6.45) is 1.01. The summed E-state index contributed by atoms with van der Waals surface area (Å²) in [5.74, 6) is 0.0507. The number of nitrogens with zero attached hydrogens (tertiary/aromatic N) is 2. The minimum atomic E-state index is 0.0507. The summed E-state index contributed by atoms with van der Waals surface area (Å²) in [4.78, 5) is 17.1. The summed E-state index contributed by atoms with van der Waals surface area (Å²) < 4.78 is 0. The highest BCUT2D eigenvalue weighted by Gasteiger charge is 2.27. The monoisotopic (exact) mass is 337 g/mol. The summed E-state index contributed by atoms with van der Waals surface area (Å²) in [5, 5.41) is 3.03. The molecule has 0 bridgehead atoms. The largest absolute Gasteiger partial charge is 0.325 e. The molecule has 1 aliphatic heterocycles. The average Bonchev–Trinajstić information content (AvgIpc) is 2.64. The number of anilines is 1. The van der Waals surface area contributed by atoms with Crippen LogP contribution in [0.15, 0.2) is 54.6 Å². The summed E-state index contributed by atoms with van der Waals surface area (Å²) in [6.45, 7) is 5.39. The highest BCUT2D eigenvalue weighted by molar-refractivity contribution is 5.92. The molecule has 1 unspecified atom stereocenters. The molecule has 1 amide bonds. The zero-order chi connectivity index (χ0) is 17.6. The second kappa shape index (κ2) is 8.28. The van der Waals surface area contributed by atoms with Crippen LogP contribution < -0.4 is 5.32 Å². The van der Waals surface area contributed by atoms with Crippen LogP contribution in [0.3, 0.4) is 0 Å². The molecule has 1 saturated heterocycles. The number of carbonyl (C=O) groups is 1. The van der Waals surface area contributed by atoms with E-state index < -0.39 is 0 Å². The third-order valence-electron chi connectivity index (χ3n) is 4.87. The second-order valence-corrected chi connectivity index (χ2v) is 6.76. The number of aryl methyl sites for hydroxylation is 1. The normalized spacial score (nSPS) is 18.9. The first-order valence-corrected chi connectivity index (χ1v) is 9.02. The Hall–Kier alpha value is -2.17. The average molecular weight is 337 g/mol.